The highest BCUT2D eigenvalue weighted by Crippen LogP contribution is 2.22. The van der Waals surface area contributed by atoms with Crippen molar-refractivity contribution < 1.29 is 29.0 Å². The molecule has 1 heterocycles. The van der Waals surface area contributed by atoms with Crippen LogP contribution >= 0.6 is 0 Å². The van der Waals surface area contributed by atoms with Gasteiger partial charge in [-0.05, 0) is 40.0 Å². The summed E-state index contributed by atoms with van der Waals surface area (Å²) < 4.78 is 4.89. The molecule has 0 aromatic rings. The van der Waals surface area contributed by atoms with Crippen molar-refractivity contribution in [3.63, 3.8) is 0 Å². The topological polar surface area (TPSA) is 101 Å². The quantitative estimate of drug-likeness (QED) is 0.355. The molecule has 0 spiro atoms. The lowest BCUT2D eigenvalue weighted by Crippen LogP contribution is -2.49. The van der Waals surface area contributed by atoms with Crippen molar-refractivity contribution >= 4 is 24.1 Å². The van der Waals surface area contributed by atoms with Gasteiger partial charge >= 0.3 is 5.97 Å². The van der Waals surface area contributed by atoms with E-state index in [1.54, 1.807) is 18.7 Å². The van der Waals surface area contributed by atoms with Crippen molar-refractivity contribution in [3.8, 4) is 0 Å². The van der Waals surface area contributed by atoms with E-state index in [0.29, 0.717) is 6.54 Å². The molecule has 1 saturated heterocycles. The number of hydrogen-bond acceptors (Lipinski definition) is 5. The van der Waals surface area contributed by atoms with E-state index in [2.05, 4.69) is 6.58 Å². The fourth-order valence-corrected chi connectivity index (χ4v) is 2.20. The van der Waals surface area contributed by atoms with Crippen LogP contribution in [0.4, 0.5) is 0 Å². The van der Waals surface area contributed by atoms with Gasteiger partial charge in [-0.2, -0.15) is 0 Å². The molecular weight excluding hydrogens is 302 g/mol. The van der Waals surface area contributed by atoms with Crippen LogP contribution in [-0.4, -0.2) is 53.3 Å². The van der Waals surface area contributed by atoms with Gasteiger partial charge in [0.05, 0.1) is 5.41 Å². The van der Waals surface area contributed by atoms with Gasteiger partial charge in [-0.25, -0.2) is 4.79 Å². The van der Waals surface area contributed by atoms with Gasteiger partial charge in [-0.3, -0.25) is 14.4 Å². The van der Waals surface area contributed by atoms with E-state index >= 15 is 0 Å². The van der Waals surface area contributed by atoms with Gasteiger partial charge in [0.1, 0.15) is 6.61 Å². The molecule has 7 heteroatoms. The predicted molar refractivity (Wildman–Crippen MR) is 83.7 cm³/mol. The number of carboxylic acid groups (broad SMARTS) is 1. The number of carbonyl (C=O) groups is 4. The zero-order chi connectivity index (χ0) is 18.0. The van der Waals surface area contributed by atoms with Crippen molar-refractivity contribution in [2.75, 3.05) is 13.2 Å². The molecule has 23 heavy (non-hydrogen) atoms. The predicted octanol–water partition coefficient (Wildman–Crippen LogP) is 1.41. The molecule has 1 unspecified atom stereocenters. The molecule has 1 atom stereocenters. The Balaban J connectivity index is 0.00000149. The molecule has 1 N–H and O–H groups in total. The van der Waals surface area contributed by atoms with Gasteiger partial charge < -0.3 is 14.7 Å². The van der Waals surface area contributed by atoms with E-state index in [4.69, 9.17) is 14.6 Å². The minimum atomic E-state index is -1.02. The molecule has 1 amide bonds. The van der Waals surface area contributed by atoms with Gasteiger partial charge in [-0.1, -0.05) is 6.58 Å². The second kappa shape index (κ2) is 9.76. The molecule has 0 bridgehead atoms. The molecule has 7 nitrogen and oxygen atoms in total. The first-order valence-electron chi connectivity index (χ1n) is 7.43. The molecule has 0 radical (unpaired) electrons. The second-order valence-electron chi connectivity index (χ2n) is 5.97. The first-order chi connectivity index (χ1) is 10.7. The lowest BCUT2D eigenvalue weighted by molar-refractivity contribution is -0.155. The number of nitrogens with zero attached hydrogens (tertiary/aromatic N) is 1. The molecule has 1 fully saturated rings. The number of ether oxygens (including phenoxy) is 1. The van der Waals surface area contributed by atoms with E-state index in [1.807, 2.05) is 6.92 Å². The van der Waals surface area contributed by atoms with Gasteiger partial charge in [0.15, 0.2) is 0 Å². The number of carbonyl (C=O) groups excluding carboxylic acids is 3. The summed E-state index contributed by atoms with van der Waals surface area (Å²) in [5.74, 6) is -1.58. The summed E-state index contributed by atoms with van der Waals surface area (Å²) in [5.41, 5.74) is -1.02. The number of Topliss-reactive ketones (excluding diaryl/α,β-unsaturated/α-hetero) is 1. The van der Waals surface area contributed by atoms with Gasteiger partial charge in [0.25, 0.3) is 12.4 Å². The fourth-order valence-electron chi connectivity index (χ4n) is 2.20. The molecular formula is C16H25NO6. The Labute approximate surface area is 136 Å². The number of hydrogen-bond donors (Lipinski definition) is 1. The normalized spacial score (nSPS) is 17.3. The largest absolute Gasteiger partial charge is 0.483 e. The number of amides is 1. The Morgan fingerprint density at radius 2 is 1.91 bits per heavy atom. The highest BCUT2D eigenvalue weighted by molar-refractivity contribution is 6.38. The Hall–Kier alpha value is -2.18. The van der Waals surface area contributed by atoms with Crippen molar-refractivity contribution in [1.82, 2.24) is 4.90 Å². The third-order valence-corrected chi connectivity index (χ3v) is 3.61. The minimum absolute atomic E-state index is 0.0896. The van der Waals surface area contributed by atoms with E-state index in [0.717, 1.165) is 25.3 Å². The van der Waals surface area contributed by atoms with Crippen LogP contribution < -0.4 is 0 Å². The summed E-state index contributed by atoms with van der Waals surface area (Å²) in [6.07, 6.45) is 3.97. The summed E-state index contributed by atoms with van der Waals surface area (Å²) in [6, 6.07) is 0.0896. The number of ketones is 1. The van der Waals surface area contributed by atoms with Gasteiger partial charge in [0.2, 0.25) is 5.78 Å². The molecule has 0 saturated carbocycles. The maximum Gasteiger partial charge on any atom is 0.330 e. The SMILES string of the molecule is C=CC(=O)OCC(C)(C)C(=O)C(=O)N1CCCCC1C.O=CO. The Morgan fingerprint density at radius 1 is 1.35 bits per heavy atom. The summed E-state index contributed by atoms with van der Waals surface area (Å²) in [6.45, 7) is 8.71. The van der Waals surface area contributed by atoms with Crippen LogP contribution in [0.15, 0.2) is 12.7 Å². The summed E-state index contributed by atoms with van der Waals surface area (Å²) >= 11 is 0. The number of piperidine rings is 1. The van der Waals surface area contributed by atoms with E-state index in [9.17, 15) is 14.4 Å². The van der Waals surface area contributed by atoms with Crippen molar-refractivity contribution in [1.29, 1.82) is 0 Å². The van der Waals surface area contributed by atoms with Crippen LogP contribution in [0, 0.1) is 5.41 Å². The van der Waals surface area contributed by atoms with E-state index < -0.39 is 23.1 Å². The second-order valence-corrected chi connectivity index (χ2v) is 5.97. The lowest BCUT2D eigenvalue weighted by Gasteiger charge is -2.34. The first kappa shape index (κ1) is 20.8. The Kier molecular flexibility index (Phi) is 8.83. The average Bonchev–Trinajstić information content (AvgIpc) is 2.52. The number of rotatable bonds is 5. The molecule has 1 aliphatic rings. The fraction of sp³-hybridized carbons (Fsp3) is 0.625. The lowest BCUT2D eigenvalue weighted by atomic mass is 9.87. The molecule has 1 aliphatic heterocycles. The molecule has 0 aromatic carbocycles. The van der Waals surface area contributed by atoms with Crippen LogP contribution in [-0.2, 0) is 23.9 Å². The third-order valence-electron chi connectivity index (χ3n) is 3.61. The number of esters is 1. The minimum Gasteiger partial charge on any atom is -0.483 e. The maximum absolute atomic E-state index is 12.3. The standard InChI is InChI=1S/C15H23NO4.CH2O2/c1-5-12(17)20-10-15(3,4)13(18)14(19)16-9-7-6-8-11(16)2;2-1-3/h5,11H,1,6-10H2,2-4H3;1H,(H,2,3). The first-order valence-corrected chi connectivity index (χ1v) is 7.43. The van der Waals surface area contributed by atoms with Crippen molar-refractivity contribution in [2.45, 2.75) is 46.1 Å². The summed E-state index contributed by atoms with van der Waals surface area (Å²) in [5, 5.41) is 6.89. The maximum atomic E-state index is 12.3. The summed E-state index contributed by atoms with van der Waals surface area (Å²) in [7, 11) is 0. The van der Waals surface area contributed by atoms with Gasteiger partial charge in [-0.15, -0.1) is 0 Å². The van der Waals surface area contributed by atoms with Crippen LogP contribution in [0.25, 0.3) is 0 Å². The molecule has 130 valence electrons. The van der Waals surface area contributed by atoms with Crippen molar-refractivity contribution in [2.24, 2.45) is 5.41 Å². The molecule has 1 rings (SSSR count). The van der Waals surface area contributed by atoms with Crippen LogP contribution in [0.1, 0.15) is 40.0 Å². The highest BCUT2D eigenvalue weighted by Gasteiger charge is 2.38. The number of likely N-dealkylation sites (tertiary alicyclic amines) is 1. The van der Waals surface area contributed by atoms with Crippen molar-refractivity contribution in [3.05, 3.63) is 12.7 Å². The zero-order valence-electron chi connectivity index (χ0n) is 13.9. The highest BCUT2D eigenvalue weighted by atomic mass is 16.5. The molecule has 0 aliphatic carbocycles. The van der Waals surface area contributed by atoms with E-state index in [-0.39, 0.29) is 19.1 Å². The smallest absolute Gasteiger partial charge is 0.330 e. The Morgan fingerprint density at radius 3 is 2.39 bits per heavy atom. The Bertz CT molecular complexity index is 457. The van der Waals surface area contributed by atoms with Gasteiger partial charge in [0, 0.05) is 18.7 Å². The average molecular weight is 327 g/mol. The monoisotopic (exact) mass is 327 g/mol. The third kappa shape index (κ3) is 6.63. The van der Waals surface area contributed by atoms with Crippen LogP contribution in [0.5, 0.6) is 0 Å². The van der Waals surface area contributed by atoms with Crippen LogP contribution in [0.2, 0.25) is 0 Å². The van der Waals surface area contributed by atoms with Crippen LogP contribution in [0.3, 0.4) is 0 Å². The van der Waals surface area contributed by atoms with E-state index in [1.165, 1.54) is 0 Å². The zero-order valence-corrected chi connectivity index (χ0v) is 13.9. The molecule has 0 aromatic heterocycles. The summed E-state index contributed by atoms with van der Waals surface area (Å²) in [4.78, 5) is 45.6.